The molecule has 1 aromatic carbocycles. The largest absolute Gasteiger partial charge is 0.492 e. The summed E-state index contributed by atoms with van der Waals surface area (Å²) in [6.45, 7) is -2.44. The molecule has 0 aliphatic carbocycles. The zero-order chi connectivity index (χ0) is 22.5. The van der Waals surface area contributed by atoms with Crippen LogP contribution in [0.1, 0.15) is 12.8 Å². The second-order valence-corrected chi connectivity index (χ2v) is 6.98. The van der Waals surface area contributed by atoms with Gasteiger partial charge in [0.2, 0.25) is 0 Å². The van der Waals surface area contributed by atoms with Gasteiger partial charge in [-0.2, -0.15) is 13.2 Å². The van der Waals surface area contributed by atoms with Gasteiger partial charge in [-0.05, 0) is 6.07 Å². The lowest BCUT2D eigenvalue weighted by atomic mass is 10.1. The summed E-state index contributed by atoms with van der Waals surface area (Å²) in [6, 6.07) is 2.47. The molecule has 0 spiro atoms. The first-order valence-corrected chi connectivity index (χ1v) is 9.04. The lowest BCUT2D eigenvalue weighted by Crippen LogP contribution is -2.51. The van der Waals surface area contributed by atoms with E-state index in [1.54, 1.807) is 0 Å². The molecule has 2 aromatic rings. The maximum Gasteiger partial charge on any atom is 0.419 e. The number of halogens is 4. The van der Waals surface area contributed by atoms with Gasteiger partial charge in [-0.1, -0.05) is 11.6 Å². The molecular weight excluding hydrogens is 437 g/mol. The standard InChI is InChI=1S/C17H20ClF3N2O7/c18-10-5-11-13(6-12(10)28-4-2-17(19,20)21)30-15(27)23(11)3-1-14(26)29-9-16(22,7-24)8-25/h5-6,24-25H,1-4,7-9,22H2. The van der Waals surface area contributed by atoms with Crippen molar-refractivity contribution in [2.24, 2.45) is 5.73 Å². The van der Waals surface area contributed by atoms with Gasteiger partial charge in [0.15, 0.2) is 5.58 Å². The smallest absolute Gasteiger partial charge is 0.419 e. The molecule has 168 valence electrons. The van der Waals surface area contributed by atoms with Crippen molar-refractivity contribution in [2.75, 3.05) is 26.4 Å². The van der Waals surface area contributed by atoms with Crippen molar-refractivity contribution in [1.29, 1.82) is 0 Å². The van der Waals surface area contributed by atoms with E-state index in [1.165, 1.54) is 12.1 Å². The predicted molar refractivity (Wildman–Crippen MR) is 98.3 cm³/mol. The zero-order valence-corrected chi connectivity index (χ0v) is 16.3. The third-order valence-electron chi connectivity index (χ3n) is 4.05. The molecule has 0 amide bonds. The summed E-state index contributed by atoms with van der Waals surface area (Å²) in [5, 5.41) is 18.1. The summed E-state index contributed by atoms with van der Waals surface area (Å²) in [5.74, 6) is -1.65. The molecule has 0 aliphatic heterocycles. The molecule has 0 atom stereocenters. The number of rotatable bonds is 10. The Morgan fingerprint density at radius 2 is 1.93 bits per heavy atom. The van der Waals surface area contributed by atoms with Gasteiger partial charge >= 0.3 is 17.9 Å². The van der Waals surface area contributed by atoms with Crippen molar-refractivity contribution in [1.82, 2.24) is 4.57 Å². The lowest BCUT2D eigenvalue weighted by molar-refractivity contribution is -0.147. The summed E-state index contributed by atoms with van der Waals surface area (Å²) < 4.78 is 52.7. The Labute approximate surface area is 172 Å². The molecule has 30 heavy (non-hydrogen) atoms. The van der Waals surface area contributed by atoms with E-state index in [-0.39, 0.29) is 34.8 Å². The number of hydrogen-bond acceptors (Lipinski definition) is 8. The summed E-state index contributed by atoms with van der Waals surface area (Å²) in [7, 11) is 0. The van der Waals surface area contributed by atoms with Crippen LogP contribution in [-0.2, 0) is 16.1 Å². The summed E-state index contributed by atoms with van der Waals surface area (Å²) >= 11 is 6.01. The third-order valence-corrected chi connectivity index (χ3v) is 4.35. The van der Waals surface area contributed by atoms with Gasteiger partial charge in [-0.15, -0.1) is 0 Å². The van der Waals surface area contributed by atoms with Gasteiger partial charge in [0.25, 0.3) is 0 Å². The summed E-state index contributed by atoms with van der Waals surface area (Å²) in [5.41, 5.74) is 4.33. The van der Waals surface area contributed by atoms with Gasteiger partial charge in [0.1, 0.15) is 12.4 Å². The number of esters is 1. The predicted octanol–water partition coefficient (Wildman–Crippen LogP) is 1.19. The number of hydrogen-bond donors (Lipinski definition) is 3. The van der Waals surface area contributed by atoms with Crippen LogP contribution in [0.15, 0.2) is 21.3 Å². The first-order valence-electron chi connectivity index (χ1n) is 8.67. The number of aliphatic hydroxyl groups is 2. The minimum atomic E-state index is -4.39. The number of ether oxygens (including phenoxy) is 2. The van der Waals surface area contributed by atoms with Crippen molar-refractivity contribution in [3.8, 4) is 5.75 Å². The molecule has 4 N–H and O–H groups in total. The Balaban J connectivity index is 2.06. The Bertz CT molecular complexity index is 938. The number of fused-ring (bicyclic) bond motifs is 1. The number of nitrogens with two attached hydrogens (primary N) is 1. The molecule has 1 aromatic heterocycles. The number of carbonyl (C=O) groups is 1. The number of oxazole rings is 1. The Morgan fingerprint density at radius 1 is 1.27 bits per heavy atom. The molecule has 0 saturated heterocycles. The first-order chi connectivity index (χ1) is 14.0. The van der Waals surface area contributed by atoms with Crippen LogP contribution in [0.25, 0.3) is 11.1 Å². The highest BCUT2D eigenvalue weighted by molar-refractivity contribution is 6.32. The zero-order valence-electron chi connectivity index (χ0n) is 15.6. The average molecular weight is 457 g/mol. The molecule has 0 aliphatic rings. The van der Waals surface area contributed by atoms with Gasteiger partial charge in [-0.3, -0.25) is 9.36 Å². The highest BCUT2D eigenvalue weighted by Gasteiger charge is 2.27. The van der Waals surface area contributed by atoms with E-state index in [4.69, 9.17) is 41.4 Å². The number of carbonyl (C=O) groups excluding carboxylic acids is 1. The second-order valence-electron chi connectivity index (χ2n) is 6.57. The summed E-state index contributed by atoms with van der Waals surface area (Å²) in [4.78, 5) is 23.9. The van der Waals surface area contributed by atoms with E-state index in [2.05, 4.69) is 0 Å². The van der Waals surface area contributed by atoms with Crippen molar-refractivity contribution in [3.05, 3.63) is 27.7 Å². The Hall–Kier alpha value is -2.28. The molecule has 0 unspecified atom stereocenters. The highest BCUT2D eigenvalue weighted by Crippen LogP contribution is 2.31. The number of aryl methyl sites for hydroxylation is 1. The fraction of sp³-hybridized carbons (Fsp3) is 0.529. The number of alkyl halides is 3. The lowest BCUT2D eigenvalue weighted by Gasteiger charge is -2.23. The van der Waals surface area contributed by atoms with Crippen LogP contribution in [0.4, 0.5) is 13.2 Å². The molecule has 0 saturated carbocycles. The maximum absolute atomic E-state index is 12.2. The molecule has 9 nitrogen and oxygen atoms in total. The molecule has 2 rings (SSSR count). The Kier molecular flexibility index (Phi) is 7.75. The van der Waals surface area contributed by atoms with Crippen molar-refractivity contribution < 1.29 is 42.1 Å². The van der Waals surface area contributed by atoms with E-state index in [9.17, 15) is 22.8 Å². The minimum Gasteiger partial charge on any atom is -0.492 e. The van der Waals surface area contributed by atoms with Crippen LogP contribution in [0.3, 0.4) is 0 Å². The first kappa shape index (κ1) is 24.0. The third kappa shape index (κ3) is 6.36. The average Bonchev–Trinajstić information content (AvgIpc) is 2.97. The van der Waals surface area contributed by atoms with E-state index >= 15 is 0 Å². The molecule has 1 heterocycles. The topological polar surface area (TPSA) is 137 Å². The number of aromatic nitrogens is 1. The number of aliphatic hydroxyl groups excluding tert-OH is 2. The van der Waals surface area contributed by atoms with Crippen molar-refractivity contribution >= 4 is 28.7 Å². The Morgan fingerprint density at radius 3 is 2.53 bits per heavy atom. The van der Waals surface area contributed by atoms with Crippen LogP contribution in [-0.4, -0.2) is 58.9 Å². The van der Waals surface area contributed by atoms with E-state index in [1.807, 2.05) is 0 Å². The molecular formula is C17H20ClF3N2O7. The maximum atomic E-state index is 12.2. The van der Waals surface area contributed by atoms with E-state index < -0.39 is 56.3 Å². The summed E-state index contributed by atoms with van der Waals surface area (Å²) in [6.07, 6.45) is -5.83. The molecule has 0 bridgehead atoms. The fourth-order valence-corrected chi connectivity index (χ4v) is 2.52. The SMILES string of the molecule is NC(CO)(CO)COC(=O)CCn1c(=O)oc2cc(OCCC(F)(F)F)c(Cl)cc21. The number of nitrogens with zero attached hydrogens (tertiary/aromatic N) is 1. The monoisotopic (exact) mass is 456 g/mol. The van der Waals surface area contributed by atoms with Crippen molar-refractivity contribution in [3.63, 3.8) is 0 Å². The highest BCUT2D eigenvalue weighted by atomic mass is 35.5. The van der Waals surface area contributed by atoms with Crippen LogP contribution < -0.4 is 16.2 Å². The normalized spacial score (nSPS) is 12.4. The fourth-order valence-electron chi connectivity index (χ4n) is 2.30. The van der Waals surface area contributed by atoms with E-state index in [0.29, 0.717) is 0 Å². The van der Waals surface area contributed by atoms with Crippen LogP contribution in [0.5, 0.6) is 5.75 Å². The molecule has 0 fully saturated rings. The molecule has 13 heteroatoms. The van der Waals surface area contributed by atoms with Gasteiger partial charge < -0.3 is 29.8 Å². The second kappa shape index (κ2) is 9.69. The minimum absolute atomic E-state index is 0.0151. The van der Waals surface area contributed by atoms with Gasteiger partial charge in [0, 0.05) is 12.6 Å². The van der Waals surface area contributed by atoms with Crippen LogP contribution >= 0.6 is 11.6 Å². The van der Waals surface area contributed by atoms with Crippen molar-refractivity contribution in [2.45, 2.75) is 31.1 Å². The van der Waals surface area contributed by atoms with Crippen LogP contribution in [0, 0.1) is 0 Å². The van der Waals surface area contributed by atoms with Crippen LogP contribution in [0.2, 0.25) is 5.02 Å². The van der Waals surface area contributed by atoms with Gasteiger partial charge in [0.05, 0.1) is 48.7 Å². The quantitative estimate of drug-likeness (QED) is 0.453. The van der Waals surface area contributed by atoms with E-state index in [0.717, 1.165) is 4.57 Å². The molecule has 0 radical (unpaired) electrons. The van der Waals surface area contributed by atoms with Gasteiger partial charge in [-0.25, -0.2) is 4.79 Å². The number of benzene rings is 1.